The van der Waals surface area contributed by atoms with E-state index in [0.29, 0.717) is 6.42 Å². The van der Waals surface area contributed by atoms with Crippen LogP contribution >= 0.6 is 0 Å². The molecule has 28 heavy (non-hydrogen) atoms. The number of ether oxygens (including phenoxy) is 1. The Morgan fingerprint density at radius 1 is 0.893 bits per heavy atom. The third-order valence-corrected chi connectivity index (χ3v) is 5.52. The average Bonchev–Trinajstić information content (AvgIpc) is 2.75. The van der Waals surface area contributed by atoms with E-state index in [2.05, 4.69) is 35.6 Å². The number of rotatable bonds is 6. The van der Waals surface area contributed by atoms with Crippen molar-refractivity contribution in [2.45, 2.75) is 50.7 Å². The number of hydrogen-bond acceptors (Lipinski definition) is 3. The summed E-state index contributed by atoms with van der Waals surface area (Å²) in [5.74, 6) is -0.149. The molecule has 1 atom stereocenters. The van der Waals surface area contributed by atoms with E-state index in [4.69, 9.17) is 4.74 Å². The van der Waals surface area contributed by atoms with Crippen LogP contribution in [0.15, 0.2) is 72.8 Å². The Morgan fingerprint density at radius 3 is 2.43 bits per heavy atom. The number of hydrogen-bond donors (Lipinski definition) is 1. The summed E-state index contributed by atoms with van der Waals surface area (Å²) < 4.78 is 5.91. The standard InChI is InChI=1S/C25H27NO2/c27-25(28-21-14-5-2-6-15-21)24(18-19-10-3-1-4-11-19)26-23-17-9-13-20-12-7-8-16-22(20)23/h1,3-4,7-13,16-17,21,24,26H,2,5-6,14-15,18H2. The second-order valence-corrected chi connectivity index (χ2v) is 7.61. The topological polar surface area (TPSA) is 38.3 Å². The van der Waals surface area contributed by atoms with Crippen LogP contribution in [0.3, 0.4) is 0 Å². The van der Waals surface area contributed by atoms with Crippen LogP contribution in [0.2, 0.25) is 0 Å². The average molecular weight is 373 g/mol. The van der Waals surface area contributed by atoms with Gasteiger partial charge in [-0.3, -0.25) is 0 Å². The maximum atomic E-state index is 13.1. The Hall–Kier alpha value is -2.81. The van der Waals surface area contributed by atoms with Gasteiger partial charge in [-0.1, -0.05) is 73.2 Å². The molecule has 1 fully saturated rings. The van der Waals surface area contributed by atoms with Crippen molar-refractivity contribution in [2.75, 3.05) is 5.32 Å². The molecule has 1 saturated carbocycles. The van der Waals surface area contributed by atoms with Crippen molar-refractivity contribution in [3.8, 4) is 0 Å². The van der Waals surface area contributed by atoms with Gasteiger partial charge >= 0.3 is 5.97 Å². The predicted molar refractivity (Wildman–Crippen MR) is 114 cm³/mol. The SMILES string of the molecule is O=C(OC1CCCCC1)C(Cc1ccccc1)Nc1cccc2ccccc12. The Morgan fingerprint density at radius 2 is 1.61 bits per heavy atom. The van der Waals surface area contributed by atoms with E-state index in [1.165, 1.54) is 6.42 Å². The van der Waals surface area contributed by atoms with Crippen molar-refractivity contribution in [1.29, 1.82) is 0 Å². The first-order valence-electron chi connectivity index (χ1n) is 10.3. The molecule has 0 aromatic heterocycles. The Bertz CT molecular complexity index is 911. The van der Waals surface area contributed by atoms with Crippen LogP contribution in [-0.4, -0.2) is 18.1 Å². The zero-order valence-corrected chi connectivity index (χ0v) is 16.1. The number of esters is 1. The van der Waals surface area contributed by atoms with Gasteiger partial charge in [-0.25, -0.2) is 4.79 Å². The molecule has 3 aromatic rings. The lowest BCUT2D eigenvalue weighted by Gasteiger charge is -2.26. The minimum atomic E-state index is -0.407. The lowest BCUT2D eigenvalue weighted by Crippen LogP contribution is -2.36. The highest BCUT2D eigenvalue weighted by Crippen LogP contribution is 2.26. The van der Waals surface area contributed by atoms with E-state index in [-0.39, 0.29) is 12.1 Å². The summed E-state index contributed by atoms with van der Waals surface area (Å²) in [6.07, 6.45) is 6.19. The quantitative estimate of drug-likeness (QED) is 0.560. The van der Waals surface area contributed by atoms with Crippen molar-refractivity contribution < 1.29 is 9.53 Å². The molecule has 1 unspecified atom stereocenters. The summed E-state index contributed by atoms with van der Waals surface area (Å²) in [6.45, 7) is 0. The molecule has 0 heterocycles. The van der Waals surface area contributed by atoms with Crippen LogP contribution in [0.25, 0.3) is 10.8 Å². The van der Waals surface area contributed by atoms with Gasteiger partial charge in [-0.15, -0.1) is 0 Å². The third-order valence-electron chi connectivity index (χ3n) is 5.52. The van der Waals surface area contributed by atoms with Gasteiger partial charge in [0.25, 0.3) is 0 Å². The zero-order chi connectivity index (χ0) is 19.2. The molecule has 3 aromatic carbocycles. The number of carbonyl (C=O) groups is 1. The molecule has 0 amide bonds. The third kappa shape index (κ3) is 4.53. The molecule has 1 N–H and O–H groups in total. The normalized spacial score (nSPS) is 15.9. The van der Waals surface area contributed by atoms with Gasteiger partial charge in [0.1, 0.15) is 12.1 Å². The predicted octanol–water partition coefficient (Wildman–Crippen LogP) is 5.74. The number of fused-ring (bicyclic) bond motifs is 1. The second-order valence-electron chi connectivity index (χ2n) is 7.61. The summed E-state index contributed by atoms with van der Waals surface area (Å²) in [7, 11) is 0. The van der Waals surface area contributed by atoms with Crippen LogP contribution < -0.4 is 5.32 Å². The molecule has 0 saturated heterocycles. The van der Waals surface area contributed by atoms with Crippen molar-refractivity contribution in [3.63, 3.8) is 0 Å². The maximum Gasteiger partial charge on any atom is 0.329 e. The van der Waals surface area contributed by atoms with Crippen molar-refractivity contribution in [1.82, 2.24) is 0 Å². The summed E-state index contributed by atoms with van der Waals surface area (Å²) in [5, 5.41) is 5.76. The summed E-state index contributed by atoms with van der Waals surface area (Å²) in [4.78, 5) is 13.1. The smallest absolute Gasteiger partial charge is 0.329 e. The molecule has 0 radical (unpaired) electrons. The number of carbonyl (C=O) groups excluding carboxylic acids is 1. The molecule has 3 heteroatoms. The van der Waals surface area contributed by atoms with Crippen LogP contribution in [0.1, 0.15) is 37.7 Å². The Labute approximate surface area is 166 Å². The fraction of sp³-hybridized carbons (Fsp3) is 0.320. The Kier molecular flexibility index (Phi) is 5.91. The summed E-state index contributed by atoms with van der Waals surface area (Å²) in [5.41, 5.74) is 2.10. The lowest BCUT2D eigenvalue weighted by molar-refractivity contribution is -0.151. The van der Waals surface area contributed by atoms with Crippen molar-refractivity contribution in [2.24, 2.45) is 0 Å². The monoisotopic (exact) mass is 373 g/mol. The van der Waals surface area contributed by atoms with Crippen LogP contribution in [0, 0.1) is 0 Å². The fourth-order valence-electron chi connectivity index (χ4n) is 4.01. The minimum absolute atomic E-state index is 0.0637. The van der Waals surface area contributed by atoms with E-state index in [9.17, 15) is 4.79 Å². The summed E-state index contributed by atoms with van der Waals surface area (Å²) in [6, 6.07) is 24.1. The Balaban J connectivity index is 1.57. The van der Waals surface area contributed by atoms with E-state index in [1.54, 1.807) is 0 Å². The highest BCUT2D eigenvalue weighted by Gasteiger charge is 2.25. The van der Waals surface area contributed by atoms with Gasteiger partial charge in [0, 0.05) is 17.5 Å². The molecule has 144 valence electrons. The molecule has 0 bridgehead atoms. The molecular weight excluding hydrogens is 346 g/mol. The maximum absolute atomic E-state index is 13.1. The molecular formula is C25H27NO2. The first-order valence-corrected chi connectivity index (χ1v) is 10.3. The first-order chi connectivity index (χ1) is 13.8. The fourth-order valence-corrected chi connectivity index (χ4v) is 4.01. The van der Waals surface area contributed by atoms with Gasteiger partial charge in [0.15, 0.2) is 0 Å². The van der Waals surface area contributed by atoms with Crippen molar-refractivity contribution >= 4 is 22.4 Å². The molecule has 3 nitrogen and oxygen atoms in total. The highest BCUT2D eigenvalue weighted by molar-refractivity contribution is 5.95. The van der Waals surface area contributed by atoms with E-state index in [1.807, 2.05) is 42.5 Å². The second kappa shape index (κ2) is 8.92. The van der Waals surface area contributed by atoms with Gasteiger partial charge < -0.3 is 10.1 Å². The zero-order valence-electron chi connectivity index (χ0n) is 16.1. The number of benzene rings is 3. The van der Waals surface area contributed by atoms with Gasteiger partial charge in [0.2, 0.25) is 0 Å². The van der Waals surface area contributed by atoms with Crippen LogP contribution in [0.4, 0.5) is 5.69 Å². The van der Waals surface area contributed by atoms with Crippen molar-refractivity contribution in [3.05, 3.63) is 78.4 Å². The number of nitrogens with one attached hydrogen (secondary N) is 1. The van der Waals surface area contributed by atoms with Gasteiger partial charge in [-0.05, 0) is 42.7 Å². The molecule has 0 spiro atoms. The summed E-state index contributed by atoms with van der Waals surface area (Å²) >= 11 is 0. The lowest BCUT2D eigenvalue weighted by atomic mass is 9.97. The van der Waals surface area contributed by atoms with E-state index >= 15 is 0 Å². The largest absolute Gasteiger partial charge is 0.461 e. The van der Waals surface area contributed by atoms with Crippen LogP contribution in [-0.2, 0) is 16.0 Å². The molecule has 1 aliphatic carbocycles. The molecule has 4 rings (SSSR count). The van der Waals surface area contributed by atoms with Gasteiger partial charge in [0.05, 0.1) is 0 Å². The van der Waals surface area contributed by atoms with E-state index in [0.717, 1.165) is 47.7 Å². The minimum Gasteiger partial charge on any atom is -0.461 e. The molecule has 1 aliphatic rings. The van der Waals surface area contributed by atoms with E-state index < -0.39 is 6.04 Å². The molecule has 0 aliphatic heterocycles. The number of anilines is 1. The van der Waals surface area contributed by atoms with Gasteiger partial charge in [-0.2, -0.15) is 0 Å². The van der Waals surface area contributed by atoms with Crippen LogP contribution in [0.5, 0.6) is 0 Å². The highest BCUT2D eigenvalue weighted by atomic mass is 16.5. The first kappa shape index (κ1) is 18.5.